The minimum atomic E-state index is -0.606. The number of hydrogen-bond acceptors (Lipinski definition) is 4. The number of nitrogens with zero attached hydrogens (tertiary/aromatic N) is 3. The van der Waals surface area contributed by atoms with Crippen LogP contribution in [-0.4, -0.2) is 54.3 Å². The highest BCUT2D eigenvalue weighted by atomic mass is 16.3. The van der Waals surface area contributed by atoms with Gasteiger partial charge in [-0.2, -0.15) is 0 Å². The summed E-state index contributed by atoms with van der Waals surface area (Å²) in [7, 11) is 4.02. The molecule has 0 radical (unpaired) electrons. The number of pyridine rings is 1. The smallest absolute Gasteiger partial charge is 0.0948 e. The number of β-amino-alcohol motifs (C(OH)–C–C–N with tert-alkyl or cyclic N) is 1. The fourth-order valence-electron chi connectivity index (χ4n) is 2.86. The van der Waals surface area contributed by atoms with E-state index in [-0.39, 0.29) is 0 Å². The molecule has 19 heavy (non-hydrogen) atoms. The summed E-state index contributed by atoms with van der Waals surface area (Å²) < 4.78 is 0. The lowest BCUT2D eigenvalue weighted by Gasteiger charge is -2.41. The largest absolute Gasteiger partial charge is 0.387 e. The van der Waals surface area contributed by atoms with E-state index in [0.717, 1.165) is 37.2 Å². The van der Waals surface area contributed by atoms with Crippen molar-refractivity contribution in [2.45, 2.75) is 31.8 Å². The Balaban J connectivity index is 2.07. The summed E-state index contributed by atoms with van der Waals surface area (Å²) in [6.07, 6.45) is 4.80. The Bertz CT molecular complexity index is 404. The zero-order valence-corrected chi connectivity index (χ0v) is 12.3. The second-order valence-electron chi connectivity index (χ2n) is 5.85. The average Bonchev–Trinajstić information content (AvgIpc) is 2.37. The van der Waals surface area contributed by atoms with Crippen LogP contribution in [0.3, 0.4) is 0 Å². The molecular formula is C15H25N3O. The van der Waals surface area contributed by atoms with Gasteiger partial charge in [0.05, 0.1) is 17.5 Å². The molecule has 1 aliphatic rings. The van der Waals surface area contributed by atoms with Crippen LogP contribution in [0.4, 0.5) is 5.69 Å². The molecule has 0 aliphatic carbocycles. The van der Waals surface area contributed by atoms with Crippen molar-refractivity contribution in [2.24, 2.45) is 0 Å². The van der Waals surface area contributed by atoms with Gasteiger partial charge in [0.15, 0.2) is 0 Å². The van der Waals surface area contributed by atoms with Crippen LogP contribution in [0.5, 0.6) is 0 Å². The van der Waals surface area contributed by atoms with Crippen molar-refractivity contribution in [3.8, 4) is 0 Å². The third-order valence-corrected chi connectivity index (χ3v) is 3.70. The number of likely N-dealkylation sites (N-methyl/N-ethyl adjacent to an activating group) is 1. The second kappa shape index (κ2) is 5.88. The van der Waals surface area contributed by atoms with Gasteiger partial charge >= 0.3 is 0 Å². The molecule has 0 saturated carbocycles. The molecule has 2 heterocycles. The van der Waals surface area contributed by atoms with Gasteiger partial charge in [-0.25, -0.2) is 0 Å². The summed E-state index contributed by atoms with van der Waals surface area (Å²) in [6, 6.07) is 4.20. The predicted octanol–water partition coefficient (Wildman–Crippen LogP) is 1.54. The van der Waals surface area contributed by atoms with Gasteiger partial charge in [-0.1, -0.05) is 6.92 Å². The molecule has 1 fully saturated rings. The van der Waals surface area contributed by atoms with Crippen molar-refractivity contribution in [1.29, 1.82) is 0 Å². The lowest BCUT2D eigenvalue weighted by molar-refractivity contribution is 0.00369. The van der Waals surface area contributed by atoms with E-state index < -0.39 is 5.60 Å². The minimum absolute atomic E-state index is 0.606. The molecule has 1 aromatic rings. The molecule has 1 N–H and O–H groups in total. The van der Waals surface area contributed by atoms with E-state index in [0.29, 0.717) is 13.1 Å². The van der Waals surface area contributed by atoms with Gasteiger partial charge in [0.1, 0.15) is 0 Å². The maximum atomic E-state index is 10.7. The van der Waals surface area contributed by atoms with Crippen LogP contribution in [0.15, 0.2) is 18.3 Å². The summed E-state index contributed by atoms with van der Waals surface area (Å²) in [5.74, 6) is 0. The van der Waals surface area contributed by atoms with Crippen molar-refractivity contribution in [3.63, 3.8) is 0 Å². The van der Waals surface area contributed by atoms with Gasteiger partial charge in [0.2, 0.25) is 0 Å². The quantitative estimate of drug-likeness (QED) is 0.894. The van der Waals surface area contributed by atoms with Crippen LogP contribution >= 0.6 is 0 Å². The summed E-state index contributed by atoms with van der Waals surface area (Å²) in [6.45, 7) is 4.52. The Hall–Kier alpha value is -1.13. The number of rotatable bonds is 4. The van der Waals surface area contributed by atoms with Crippen LogP contribution in [0.1, 0.15) is 25.5 Å². The van der Waals surface area contributed by atoms with Crippen molar-refractivity contribution in [3.05, 3.63) is 24.0 Å². The van der Waals surface area contributed by atoms with Crippen molar-refractivity contribution >= 4 is 5.69 Å². The Morgan fingerprint density at radius 1 is 1.42 bits per heavy atom. The fraction of sp³-hybridized carbons (Fsp3) is 0.667. The van der Waals surface area contributed by atoms with E-state index in [1.54, 1.807) is 0 Å². The normalized spacial score (nSPS) is 23.9. The van der Waals surface area contributed by atoms with E-state index in [1.165, 1.54) is 0 Å². The zero-order valence-electron chi connectivity index (χ0n) is 12.3. The molecule has 2 rings (SSSR count). The molecule has 0 bridgehead atoms. The monoisotopic (exact) mass is 263 g/mol. The lowest BCUT2D eigenvalue weighted by Crippen LogP contribution is -2.53. The maximum absolute atomic E-state index is 10.7. The highest BCUT2D eigenvalue weighted by Crippen LogP contribution is 2.26. The van der Waals surface area contributed by atoms with E-state index in [2.05, 4.69) is 33.8 Å². The van der Waals surface area contributed by atoms with Gasteiger partial charge in [-0.15, -0.1) is 0 Å². The van der Waals surface area contributed by atoms with E-state index >= 15 is 0 Å². The molecule has 1 saturated heterocycles. The highest BCUT2D eigenvalue weighted by molar-refractivity contribution is 5.45. The summed E-state index contributed by atoms with van der Waals surface area (Å²) >= 11 is 0. The highest BCUT2D eigenvalue weighted by Gasteiger charge is 2.33. The van der Waals surface area contributed by atoms with Crippen LogP contribution in [0, 0.1) is 0 Å². The van der Waals surface area contributed by atoms with Crippen LogP contribution in [0.25, 0.3) is 0 Å². The van der Waals surface area contributed by atoms with Crippen molar-refractivity contribution < 1.29 is 5.11 Å². The Labute approximate surface area is 116 Å². The van der Waals surface area contributed by atoms with Crippen molar-refractivity contribution in [1.82, 2.24) is 9.88 Å². The fourth-order valence-corrected chi connectivity index (χ4v) is 2.86. The summed E-state index contributed by atoms with van der Waals surface area (Å²) in [5.41, 5.74) is 1.63. The molecule has 0 spiro atoms. The average molecular weight is 263 g/mol. The van der Waals surface area contributed by atoms with Crippen LogP contribution in [0.2, 0.25) is 0 Å². The Kier molecular flexibility index (Phi) is 4.42. The zero-order chi connectivity index (χ0) is 13.9. The first-order chi connectivity index (χ1) is 9.02. The van der Waals surface area contributed by atoms with Gasteiger partial charge in [0, 0.05) is 25.3 Å². The molecular weight excluding hydrogens is 238 g/mol. The predicted molar refractivity (Wildman–Crippen MR) is 78.6 cm³/mol. The molecule has 0 unspecified atom stereocenters. The number of aromatic nitrogens is 1. The molecule has 4 heteroatoms. The standard InChI is InChI=1S/C15H25N3O/c1-4-13-6-7-14(10-16-13)18-9-5-8-15(19,12-18)11-17(2)3/h6-7,10,19H,4-5,8-9,11-12H2,1-3H3/t15-/m0/s1. The molecule has 1 atom stereocenters. The van der Waals surface area contributed by atoms with Crippen molar-refractivity contribution in [2.75, 3.05) is 38.6 Å². The third-order valence-electron chi connectivity index (χ3n) is 3.70. The van der Waals surface area contributed by atoms with Gasteiger partial charge in [-0.05, 0) is 45.5 Å². The van der Waals surface area contributed by atoms with Gasteiger partial charge in [-0.3, -0.25) is 4.98 Å². The van der Waals surface area contributed by atoms with Crippen LogP contribution < -0.4 is 4.90 Å². The molecule has 1 aromatic heterocycles. The first-order valence-electron chi connectivity index (χ1n) is 7.09. The Morgan fingerprint density at radius 2 is 2.21 bits per heavy atom. The van der Waals surface area contributed by atoms with E-state index in [9.17, 15) is 5.11 Å². The van der Waals surface area contributed by atoms with Gasteiger partial charge in [0.25, 0.3) is 0 Å². The first kappa shape index (κ1) is 14.3. The number of anilines is 1. The molecule has 1 aliphatic heterocycles. The number of aryl methyl sites for hydroxylation is 1. The second-order valence-corrected chi connectivity index (χ2v) is 5.85. The molecule has 0 aromatic carbocycles. The lowest BCUT2D eigenvalue weighted by atomic mass is 9.92. The molecule has 4 nitrogen and oxygen atoms in total. The minimum Gasteiger partial charge on any atom is -0.387 e. The van der Waals surface area contributed by atoms with Gasteiger partial charge < -0.3 is 14.9 Å². The number of hydrogen-bond donors (Lipinski definition) is 1. The number of piperidine rings is 1. The summed E-state index contributed by atoms with van der Waals surface area (Å²) in [4.78, 5) is 8.75. The Morgan fingerprint density at radius 3 is 2.79 bits per heavy atom. The van der Waals surface area contributed by atoms with E-state index in [1.807, 2.05) is 20.3 Å². The topological polar surface area (TPSA) is 39.6 Å². The maximum Gasteiger partial charge on any atom is 0.0948 e. The van der Waals surface area contributed by atoms with E-state index in [4.69, 9.17) is 0 Å². The summed E-state index contributed by atoms with van der Waals surface area (Å²) in [5, 5.41) is 10.7. The number of aliphatic hydroxyl groups is 1. The third kappa shape index (κ3) is 3.67. The molecule has 106 valence electrons. The SMILES string of the molecule is CCc1ccc(N2CCC[C@](O)(CN(C)C)C2)cn1. The first-order valence-corrected chi connectivity index (χ1v) is 7.09. The van der Waals surface area contributed by atoms with Crippen LogP contribution in [-0.2, 0) is 6.42 Å². The molecule has 0 amide bonds.